The molecule has 1 aliphatic carbocycles. The van der Waals surface area contributed by atoms with Crippen LogP contribution in [0.15, 0.2) is 23.1 Å². The number of rotatable bonds is 5. The van der Waals surface area contributed by atoms with Gasteiger partial charge in [-0.3, -0.25) is 0 Å². The van der Waals surface area contributed by atoms with Crippen LogP contribution in [0.1, 0.15) is 12.8 Å². The summed E-state index contributed by atoms with van der Waals surface area (Å²) in [5.74, 6) is -2.02. The van der Waals surface area contributed by atoms with Gasteiger partial charge in [0.05, 0.1) is 4.90 Å². The first kappa shape index (κ1) is 13.4. The highest BCUT2D eigenvalue weighted by Gasteiger charge is 2.33. The van der Waals surface area contributed by atoms with Crippen molar-refractivity contribution in [1.82, 2.24) is 4.72 Å². The minimum atomic E-state index is -3.85. The Balaban J connectivity index is 2.21. The fourth-order valence-electron chi connectivity index (χ4n) is 1.75. The summed E-state index contributed by atoms with van der Waals surface area (Å²) in [6.07, 6.45) is 1.87. The van der Waals surface area contributed by atoms with Gasteiger partial charge in [-0.15, -0.1) is 0 Å². The lowest BCUT2D eigenvalue weighted by molar-refractivity contribution is 0.500. The molecule has 4 nitrogen and oxygen atoms in total. The average Bonchev–Trinajstić information content (AvgIpc) is 3.13. The molecule has 1 aliphatic rings. The largest absolute Gasteiger partial charge is 0.329 e. The maximum absolute atomic E-state index is 13.0. The molecule has 18 heavy (non-hydrogen) atoms. The third-order valence-corrected chi connectivity index (χ3v) is 4.44. The quantitative estimate of drug-likeness (QED) is 0.842. The minimum absolute atomic E-state index is 0.188. The summed E-state index contributed by atoms with van der Waals surface area (Å²) >= 11 is 0. The number of sulfonamides is 1. The fourth-order valence-corrected chi connectivity index (χ4v) is 3.08. The van der Waals surface area contributed by atoms with Gasteiger partial charge in [-0.25, -0.2) is 21.9 Å². The third kappa shape index (κ3) is 2.85. The number of hydrogen-bond donors (Lipinski definition) is 2. The van der Waals surface area contributed by atoms with Gasteiger partial charge >= 0.3 is 0 Å². The summed E-state index contributed by atoms with van der Waals surface area (Å²) in [5, 5.41) is 0. The molecule has 0 aromatic heterocycles. The van der Waals surface area contributed by atoms with E-state index in [2.05, 4.69) is 4.72 Å². The molecule has 100 valence electrons. The topological polar surface area (TPSA) is 72.2 Å². The summed E-state index contributed by atoms with van der Waals surface area (Å²) in [6, 6.07) is 2.14. The average molecular weight is 276 g/mol. The Morgan fingerprint density at radius 2 is 2.00 bits per heavy atom. The van der Waals surface area contributed by atoms with Crippen molar-refractivity contribution in [3.8, 4) is 0 Å². The summed E-state index contributed by atoms with van der Waals surface area (Å²) < 4.78 is 52.1. The molecule has 3 N–H and O–H groups in total. The Morgan fingerprint density at radius 1 is 1.33 bits per heavy atom. The van der Waals surface area contributed by atoms with E-state index in [9.17, 15) is 17.2 Å². The van der Waals surface area contributed by atoms with Crippen LogP contribution in [-0.2, 0) is 10.0 Å². The van der Waals surface area contributed by atoms with Gasteiger partial charge in [-0.2, -0.15) is 0 Å². The van der Waals surface area contributed by atoms with Crippen LogP contribution in [0, 0.1) is 17.6 Å². The van der Waals surface area contributed by atoms with Crippen molar-refractivity contribution in [3.63, 3.8) is 0 Å². The predicted molar refractivity (Wildman–Crippen MR) is 62.2 cm³/mol. The van der Waals surface area contributed by atoms with Crippen molar-refractivity contribution in [3.05, 3.63) is 29.8 Å². The van der Waals surface area contributed by atoms with Gasteiger partial charge in [0.1, 0.15) is 0 Å². The maximum Gasteiger partial charge on any atom is 0.240 e. The van der Waals surface area contributed by atoms with Gasteiger partial charge in [-0.1, -0.05) is 0 Å². The summed E-state index contributed by atoms with van der Waals surface area (Å²) in [5.41, 5.74) is 5.49. The molecule has 7 heteroatoms. The molecule has 1 saturated carbocycles. The second kappa shape index (κ2) is 4.91. The van der Waals surface area contributed by atoms with Crippen molar-refractivity contribution < 1.29 is 17.2 Å². The molecule has 1 atom stereocenters. The smallest absolute Gasteiger partial charge is 0.240 e. The zero-order valence-corrected chi connectivity index (χ0v) is 10.4. The SMILES string of the molecule is NCC(NS(=O)(=O)c1ccc(F)c(F)c1)C1CC1. The van der Waals surface area contributed by atoms with Gasteiger partial charge in [0.2, 0.25) is 10.0 Å². The van der Waals surface area contributed by atoms with Gasteiger partial charge in [0.15, 0.2) is 11.6 Å². The second-order valence-corrected chi connectivity index (χ2v) is 6.09. The lowest BCUT2D eigenvalue weighted by Gasteiger charge is -2.16. The van der Waals surface area contributed by atoms with Crippen molar-refractivity contribution in [1.29, 1.82) is 0 Å². The standard InChI is InChI=1S/C11H14F2N2O2S/c12-9-4-3-8(5-10(9)13)18(16,17)15-11(6-14)7-1-2-7/h3-5,7,11,15H,1-2,6,14H2. The van der Waals surface area contributed by atoms with Crippen LogP contribution in [-0.4, -0.2) is 21.0 Å². The number of nitrogens with two attached hydrogens (primary N) is 1. The van der Waals surface area contributed by atoms with Crippen molar-refractivity contribution in [2.45, 2.75) is 23.8 Å². The zero-order chi connectivity index (χ0) is 13.3. The van der Waals surface area contributed by atoms with Crippen LogP contribution in [0.5, 0.6) is 0 Å². The molecule has 2 rings (SSSR count). The van der Waals surface area contributed by atoms with E-state index in [0.29, 0.717) is 6.07 Å². The monoisotopic (exact) mass is 276 g/mol. The molecule has 0 heterocycles. The molecule has 1 aromatic carbocycles. The molecular weight excluding hydrogens is 262 g/mol. The van der Waals surface area contributed by atoms with Gasteiger partial charge in [0.25, 0.3) is 0 Å². The van der Waals surface area contributed by atoms with Crippen LogP contribution in [0.25, 0.3) is 0 Å². The summed E-state index contributed by atoms with van der Waals surface area (Å²) in [4.78, 5) is -0.291. The Bertz CT molecular complexity index is 544. The minimum Gasteiger partial charge on any atom is -0.329 e. The Kier molecular flexibility index (Phi) is 3.65. The van der Waals surface area contributed by atoms with Crippen LogP contribution < -0.4 is 10.5 Å². The van der Waals surface area contributed by atoms with Crippen LogP contribution in [0.2, 0.25) is 0 Å². The molecule has 1 unspecified atom stereocenters. The van der Waals surface area contributed by atoms with E-state index in [1.807, 2.05) is 0 Å². The Morgan fingerprint density at radius 3 is 2.50 bits per heavy atom. The summed E-state index contributed by atoms with van der Waals surface area (Å²) in [7, 11) is -3.85. The molecule has 0 saturated heterocycles. The first-order valence-corrected chi connectivity index (χ1v) is 7.10. The number of hydrogen-bond acceptors (Lipinski definition) is 3. The molecule has 1 fully saturated rings. The van der Waals surface area contributed by atoms with E-state index in [1.165, 1.54) is 0 Å². The van der Waals surface area contributed by atoms with E-state index in [-0.39, 0.29) is 23.4 Å². The van der Waals surface area contributed by atoms with Gasteiger partial charge < -0.3 is 5.73 Å². The maximum atomic E-state index is 13.0. The summed E-state index contributed by atoms with van der Waals surface area (Å²) in [6.45, 7) is 0.188. The molecular formula is C11H14F2N2O2S. The first-order valence-electron chi connectivity index (χ1n) is 5.61. The lowest BCUT2D eigenvalue weighted by atomic mass is 10.2. The molecule has 0 spiro atoms. The third-order valence-electron chi connectivity index (χ3n) is 2.95. The highest BCUT2D eigenvalue weighted by molar-refractivity contribution is 7.89. The van der Waals surface area contributed by atoms with Crippen molar-refractivity contribution in [2.24, 2.45) is 11.7 Å². The van der Waals surface area contributed by atoms with Crippen LogP contribution >= 0.6 is 0 Å². The second-order valence-electron chi connectivity index (χ2n) is 4.38. The van der Waals surface area contributed by atoms with Gasteiger partial charge in [0, 0.05) is 12.6 Å². The normalized spacial score (nSPS) is 17.7. The van der Waals surface area contributed by atoms with E-state index < -0.39 is 21.7 Å². The molecule has 0 amide bonds. The van der Waals surface area contributed by atoms with Crippen molar-refractivity contribution >= 4 is 10.0 Å². The van der Waals surface area contributed by atoms with E-state index >= 15 is 0 Å². The van der Waals surface area contributed by atoms with Crippen molar-refractivity contribution in [2.75, 3.05) is 6.54 Å². The lowest BCUT2D eigenvalue weighted by Crippen LogP contribution is -2.41. The highest BCUT2D eigenvalue weighted by Crippen LogP contribution is 2.32. The van der Waals surface area contributed by atoms with Gasteiger partial charge in [-0.05, 0) is 37.0 Å². The van der Waals surface area contributed by atoms with E-state index in [4.69, 9.17) is 5.73 Å². The molecule has 1 aromatic rings. The fraction of sp³-hybridized carbons (Fsp3) is 0.455. The number of halogens is 2. The zero-order valence-electron chi connectivity index (χ0n) is 9.57. The number of nitrogens with one attached hydrogen (secondary N) is 1. The first-order chi connectivity index (χ1) is 8.44. The van der Waals surface area contributed by atoms with E-state index in [0.717, 1.165) is 25.0 Å². The van der Waals surface area contributed by atoms with Crippen LogP contribution in [0.4, 0.5) is 8.78 Å². The molecule has 0 aliphatic heterocycles. The molecule has 0 bridgehead atoms. The molecule has 0 radical (unpaired) electrons. The Labute approximate surface area is 104 Å². The van der Waals surface area contributed by atoms with E-state index in [1.54, 1.807) is 0 Å². The van der Waals surface area contributed by atoms with Crippen LogP contribution in [0.3, 0.4) is 0 Å². The predicted octanol–water partition coefficient (Wildman–Crippen LogP) is 0.980. The Hall–Kier alpha value is -1.05. The number of benzene rings is 1. The highest BCUT2D eigenvalue weighted by atomic mass is 32.2.